The minimum absolute atomic E-state index is 0. The summed E-state index contributed by atoms with van der Waals surface area (Å²) >= 11 is -0.538. The number of rotatable bonds is 6. The van der Waals surface area contributed by atoms with Gasteiger partial charge in [-0.1, -0.05) is 0 Å². The van der Waals surface area contributed by atoms with E-state index < -0.39 is 23.2 Å². The zero-order chi connectivity index (χ0) is 12.1. The molecule has 0 heterocycles. The Morgan fingerprint density at radius 3 is 1.68 bits per heavy atom. The first kappa shape index (κ1) is 18.2. The van der Waals surface area contributed by atoms with E-state index in [0.29, 0.717) is 0 Å². The van der Waals surface area contributed by atoms with Crippen molar-refractivity contribution in [2.45, 2.75) is 25.7 Å². The molecule has 0 aliphatic heterocycles. The molecule has 0 atom stereocenters. The molecule has 0 aromatic heterocycles. The molecular weight excluding hydrogens is 321 g/mol. The van der Waals surface area contributed by atoms with E-state index in [-0.39, 0.29) is 9.41 Å². The Balaban J connectivity index is 0.00000162. The largest absolute Gasteiger partial charge is 1.00 e. The monoisotopic (exact) mass is 338 g/mol. The van der Waals surface area contributed by atoms with Gasteiger partial charge in [-0.05, 0) is 0 Å². The summed E-state index contributed by atoms with van der Waals surface area (Å²) in [6.45, 7) is 7.70. The Kier molecular flexibility index (Phi) is 8.75. The van der Waals surface area contributed by atoms with E-state index >= 15 is 0 Å². The van der Waals surface area contributed by atoms with Gasteiger partial charge in [-0.3, -0.25) is 0 Å². The van der Waals surface area contributed by atoms with Crippen LogP contribution in [0.15, 0.2) is 67.3 Å². The number of allylic oxidation sites excluding steroid dienone is 10. The van der Waals surface area contributed by atoms with Gasteiger partial charge in [0, 0.05) is 0 Å². The Bertz CT molecular complexity index is 411. The van der Waals surface area contributed by atoms with Crippen LogP contribution in [0.5, 0.6) is 0 Å². The Labute approximate surface area is 125 Å². The molecule has 0 bridgehead atoms. The van der Waals surface area contributed by atoms with Crippen LogP contribution in [-0.4, -0.2) is 0 Å². The summed E-state index contributed by atoms with van der Waals surface area (Å²) in [6.07, 6.45) is 17.7. The van der Waals surface area contributed by atoms with Gasteiger partial charge in [0.15, 0.2) is 0 Å². The van der Waals surface area contributed by atoms with Crippen molar-refractivity contribution in [2.24, 2.45) is 0 Å². The second-order valence-corrected chi connectivity index (χ2v) is 7.91. The maximum atomic E-state index is 3.85. The molecule has 2 aliphatic rings. The number of hydrogen-bond acceptors (Lipinski definition) is 0. The molecule has 3 heteroatoms. The van der Waals surface area contributed by atoms with Crippen LogP contribution in [0, 0.1) is 0 Å². The first-order chi connectivity index (χ1) is 8.35. The molecule has 0 amide bonds. The number of halogens is 2. The molecule has 19 heavy (non-hydrogen) atoms. The molecule has 0 unspecified atom stereocenters. The minimum Gasteiger partial charge on any atom is -1.00 e. The maximum Gasteiger partial charge on any atom is -1.00 e. The van der Waals surface area contributed by atoms with Crippen molar-refractivity contribution >= 4 is 0 Å². The van der Waals surface area contributed by atoms with Gasteiger partial charge in [0.2, 0.25) is 0 Å². The molecule has 0 aromatic carbocycles. The summed E-state index contributed by atoms with van der Waals surface area (Å²) in [7, 11) is 0. The predicted molar refractivity (Wildman–Crippen MR) is 71.2 cm³/mol. The van der Waals surface area contributed by atoms with E-state index in [1.54, 1.807) is 17.7 Å². The fourth-order valence-electron chi connectivity index (χ4n) is 2.24. The van der Waals surface area contributed by atoms with Gasteiger partial charge in [0.1, 0.15) is 0 Å². The van der Waals surface area contributed by atoms with Crippen molar-refractivity contribution in [3.8, 4) is 0 Å². The molecule has 100 valence electrons. The molecule has 0 saturated carbocycles. The van der Waals surface area contributed by atoms with Gasteiger partial charge < -0.3 is 9.41 Å². The molecule has 2 rings (SSSR count). The van der Waals surface area contributed by atoms with Crippen molar-refractivity contribution in [1.82, 2.24) is 0 Å². The molecule has 0 radical (unpaired) electrons. The summed E-state index contributed by atoms with van der Waals surface area (Å²) in [5.41, 5.74) is 3.09. The van der Waals surface area contributed by atoms with E-state index in [1.165, 1.54) is 12.8 Å². The summed E-state index contributed by atoms with van der Waals surface area (Å²) in [5, 5.41) is 0. The molecule has 0 nitrogen and oxygen atoms in total. The van der Waals surface area contributed by atoms with Crippen molar-refractivity contribution in [2.75, 3.05) is 0 Å². The minimum atomic E-state index is -0.538. The van der Waals surface area contributed by atoms with Crippen LogP contribution in [0.1, 0.15) is 25.7 Å². The standard InChI is InChI=1S/2C8H9.2FH.Zr/c2*1-2-5-8-6-3-4-7-8;;;/h2*2-3,6H,1,4-5H2;2*1H;/q;;;;+2/p-2. The van der Waals surface area contributed by atoms with Gasteiger partial charge in [-0.2, -0.15) is 0 Å². The summed E-state index contributed by atoms with van der Waals surface area (Å²) in [6, 6.07) is 0. The van der Waals surface area contributed by atoms with Crippen molar-refractivity contribution in [3.05, 3.63) is 67.3 Å². The van der Waals surface area contributed by atoms with E-state index in [9.17, 15) is 0 Å². The van der Waals surface area contributed by atoms with Gasteiger partial charge in [-0.25, -0.2) is 0 Å². The molecule has 2 aliphatic carbocycles. The molecule has 0 aromatic rings. The van der Waals surface area contributed by atoms with Crippen LogP contribution in [0.2, 0.25) is 0 Å². The predicted octanol–water partition coefficient (Wildman–Crippen LogP) is -1.34. The second-order valence-electron chi connectivity index (χ2n) is 4.33. The molecule has 0 saturated heterocycles. The third-order valence-electron chi connectivity index (χ3n) is 3.09. The van der Waals surface area contributed by atoms with Crippen LogP contribution in [0.25, 0.3) is 0 Å². The zero-order valence-electron chi connectivity index (χ0n) is 11.0. The summed E-state index contributed by atoms with van der Waals surface area (Å²) in [5.74, 6) is 0. The van der Waals surface area contributed by atoms with Crippen LogP contribution in [0.3, 0.4) is 0 Å². The quantitative estimate of drug-likeness (QED) is 0.526. The van der Waals surface area contributed by atoms with E-state index in [0.717, 1.165) is 12.8 Å². The average Bonchev–Trinajstić information content (AvgIpc) is 2.92. The Morgan fingerprint density at radius 1 is 0.895 bits per heavy atom. The molecule has 0 fully saturated rings. The van der Waals surface area contributed by atoms with Gasteiger partial charge >= 0.3 is 116 Å². The van der Waals surface area contributed by atoms with Crippen LogP contribution >= 0.6 is 0 Å². The fourth-order valence-corrected chi connectivity index (χ4v) is 5.92. The van der Waals surface area contributed by atoms with Gasteiger partial charge in [-0.15, -0.1) is 0 Å². The van der Waals surface area contributed by atoms with Gasteiger partial charge in [0.25, 0.3) is 0 Å². The Hall–Kier alpha value is -0.817. The third-order valence-corrected chi connectivity index (χ3v) is 7.15. The van der Waals surface area contributed by atoms with Crippen molar-refractivity contribution < 1.29 is 32.6 Å². The molecule has 0 N–H and O–H groups in total. The van der Waals surface area contributed by atoms with Crippen LogP contribution in [-0.2, 0) is 23.2 Å². The SMILES string of the molecule is C=CCC1=[C]([Zr+2][C]2=C(CC=C)C=CC2)CC=C1.[F-].[F-]. The fraction of sp³-hybridized carbons (Fsp3) is 0.250. The van der Waals surface area contributed by atoms with E-state index in [4.69, 9.17) is 0 Å². The van der Waals surface area contributed by atoms with Crippen molar-refractivity contribution in [3.63, 3.8) is 0 Å². The smallest absolute Gasteiger partial charge is 1.00 e. The zero-order valence-corrected chi connectivity index (χ0v) is 13.4. The topological polar surface area (TPSA) is 0 Å². The third kappa shape index (κ3) is 4.65. The maximum absolute atomic E-state index is 3.85. The first-order valence-corrected chi connectivity index (χ1v) is 8.57. The normalized spacial score (nSPS) is 16.0. The summed E-state index contributed by atoms with van der Waals surface area (Å²) in [4.78, 5) is 0. The van der Waals surface area contributed by atoms with Gasteiger partial charge in [0.05, 0.1) is 0 Å². The van der Waals surface area contributed by atoms with Crippen LogP contribution in [0.4, 0.5) is 0 Å². The first-order valence-electron chi connectivity index (χ1n) is 6.11. The summed E-state index contributed by atoms with van der Waals surface area (Å²) < 4.78 is 3.49. The Morgan fingerprint density at radius 2 is 1.32 bits per heavy atom. The van der Waals surface area contributed by atoms with Crippen molar-refractivity contribution in [1.29, 1.82) is 0 Å². The number of hydrogen-bond donors (Lipinski definition) is 0. The van der Waals surface area contributed by atoms with Crippen LogP contribution < -0.4 is 9.41 Å². The molecular formula is C16H18F2Zr. The average molecular weight is 340 g/mol. The molecule has 0 spiro atoms. The second kappa shape index (κ2) is 9.14. The van der Waals surface area contributed by atoms with E-state index in [1.807, 2.05) is 12.2 Å². The van der Waals surface area contributed by atoms with E-state index in [2.05, 4.69) is 37.5 Å².